The van der Waals surface area contributed by atoms with Crippen LogP contribution in [0.3, 0.4) is 0 Å². The lowest BCUT2D eigenvalue weighted by Crippen LogP contribution is -2.49. The third-order valence-corrected chi connectivity index (χ3v) is 5.48. The van der Waals surface area contributed by atoms with Gasteiger partial charge in [0.25, 0.3) is 0 Å². The summed E-state index contributed by atoms with van der Waals surface area (Å²) in [5, 5.41) is 12.3. The molecule has 1 aliphatic rings. The van der Waals surface area contributed by atoms with E-state index in [-0.39, 0.29) is 18.6 Å². The molecule has 5 nitrogen and oxygen atoms in total. The minimum Gasteiger partial charge on any atom is -0.497 e. The topological polar surface area (TPSA) is 67.8 Å². The maximum absolute atomic E-state index is 13.0. The summed E-state index contributed by atoms with van der Waals surface area (Å²) in [6.07, 6.45) is 2.03. The maximum Gasteiger partial charge on any atom is 0.227 e. The quantitative estimate of drug-likeness (QED) is 0.771. The van der Waals surface area contributed by atoms with Crippen LogP contribution in [0.5, 0.6) is 5.75 Å². The molecule has 1 atom stereocenters. The highest BCUT2D eigenvalue weighted by Crippen LogP contribution is 2.36. The van der Waals surface area contributed by atoms with Gasteiger partial charge in [0, 0.05) is 19.3 Å². The van der Waals surface area contributed by atoms with Crippen LogP contribution < -0.4 is 10.1 Å². The number of aliphatic hydroxyl groups excluding tert-OH is 1. The normalized spacial score (nSPS) is 17.0. The monoisotopic (exact) mass is 383 g/mol. The Morgan fingerprint density at radius 2 is 1.89 bits per heavy atom. The molecule has 0 aliphatic carbocycles. The largest absolute Gasteiger partial charge is 0.497 e. The molecule has 0 saturated carbocycles. The Hall–Kier alpha value is -2.37. The molecule has 0 spiro atoms. The van der Waals surface area contributed by atoms with Gasteiger partial charge in [-0.2, -0.15) is 0 Å². The summed E-state index contributed by atoms with van der Waals surface area (Å²) in [5.41, 5.74) is 2.86. The zero-order valence-corrected chi connectivity index (χ0v) is 16.6. The summed E-state index contributed by atoms with van der Waals surface area (Å²) in [7, 11) is 1.66. The Morgan fingerprint density at radius 1 is 1.18 bits per heavy atom. The zero-order valence-electron chi connectivity index (χ0n) is 16.6. The average Bonchev–Trinajstić information content (AvgIpc) is 2.74. The maximum atomic E-state index is 13.0. The smallest absolute Gasteiger partial charge is 0.227 e. The molecule has 1 saturated heterocycles. The first-order valence-electron chi connectivity index (χ1n) is 9.79. The van der Waals surface area contributed by atoms with Crippen molar-refractivity contribution >= 4 is 5.91 Å². The second-order valence-corrected chi connectivity index (χ2v) is 7.56. The summed E-state index contributed by atoms with van der Waals surface area (Å²) in [6, 6.07) is 16.1. The molecular formula is C23H29NO4. The Labute approximate surface area is 166 Å². The van der Waals surface area contributed by atoms with E-state index in [1.165, 1.54) is 0 Å². The molecule has 0 unspecified atom stereocenters. The van der Waals surface area contributed by atoms with Gasteiger partial charge in [0.1, 0.15) is 5.75 Å². The van der Waals surface area contributed by atoms with Gasteiger partial charge in [0.15, 0.2) is 0 Å². The Bertz CT molecular complexity index is 781. The standard InChI is InChI=1S/C23H29NO4/c1-17(16-25)24-22(26)23(10-12-28-13-11-23)15-18-4-3-5-20(14-18)19-6-8-21(27-2)9-7-19/h3-9,14,17,25H,10-13,15-16H2,1-2H3,(H,24,26)/t17-/m0/s1. The number of nitrogens with one attached hydrogen (secondary N) is 1. The van der Waals surface area contributed by atoms with Gasteiger partial charge in [0.2, 0.25) is 5.91 Å². The molecule has 28 heavy (non-hydrogen) atoms. The molecule has 3 rings (SSSR count). The number of benzene rings is 2. The SMILES string of the molecule is COc1ccc(-c2cccc(CC3(C(=O)N[C@@H](C)CO)CCOCC3)c2)cc1. The lowest BCUT2D eigenvalue weighted by Gasteiger charge is -2.36. The average molecular weight is 383 g/mol. The van der Waals surface area contributed by atoms with E-state index in [1.54, 1.807) is 7.11 Å². The molecule has 1 heterocycles. The molecule has 1 amide bonds. The molecule has 0 aromatic heterocycles. The minimum absolute atomic E-state index is 0.00667. The van der Waals surface area contributed by atoms with Crippen LogP contribution in [0.15, 0.2) is 48.5 Å². The summed E-state index contributed by atoms with van der Waals surface area (Å²) in [4.78, 5) is 13.0. The molecule has 150 valence electrons. The Balaban J connectivity index is 1.83. The summed E-state index contributed by atoms with van der Waals surface area (Å²) >= 11 is 0. The van der Waals surface area contributed by atoms with Crippen LogP contribution >= 0.6 is 0 Å². The summed E-state index contributed by atoms with van der Waals surface area (Å²) < 4.78 is 10.8. The van der Waals surface area contributed by atoms with Gasteiger partial charge < -0.3 is 19.9 Å². The molecule has 2 aromatic carbocycles. The van der Waals surface area contributed by atoms with E-state index in [2.05, 4.69) is 23.5 Å². The third-order valence-electron chi connectivity index (χ3n) is 5.48. The number of carbonyl (C=O) groups is 1. The van der Waals surface area contributed by atoms with Crippen LogP contribution in [-0.2, 0) is 16.0 Å². The zero-order chi connectivity index (χ0) is 20.0. The summed E-state index contributed by atoms with van der Waals surface area (Å²) in [6.45, 7) is 2.92. The highest BCUT2D eigenvalue weighted by atomic mass is 16.5. The van der Waals surface area contributed by atoms with Crippen LogP contribution in [0.25, 0.3) is 11.1 Å². The van der Waals surface area contributed by atoms with Crippen molar-refractivity contribution in [1.29, 1.82) is 0 Å². The first-order valence-corrected chi connectivity index (χ1v) is 9.79. The second kappa shape index (κ2) is 9.22. The van der Waals surface area contributed by atoms with E-state index >= 15 is 0 Å². The van der Waals surface area contributed by atoms with Crippen LogP contribution in [-0.4, -0.2) is 44.0 Å². The highest BCUT2D eigenvalue weighted by molar-refractivity contribution is 5.83. The van der Waals surface area contributed by atoms with Gasteiger partial charge in [-0.15, -0.1) is 0 Å². The van der Waals surface area contributed by atoms with Crippen LogP contribution in [0.1, 0.15) is 25.3 Å². The highest BCUT2D eigenvalue weighted by Gasteiger charge is 2.40. The Kier molecular flexibility index (Phi) is 6.70. The number of ether oxygens (including phenoxy) is 2. The van der Waals surface area contributed by atoms with Gasteiger partial charge in [0.05, 0.1) is 19.1 Å². The van der Waals surface area contributed by atoms with Gasteiger partial charge in [-0.05, 0) is 55.0 Å². The molecule has 2 aromatic rings. The first kappa shape index (κ1) is 20.4. The van der Waals surface area contributed by atoms with Crippen LogP contribution in [0.4, 0.5) is 0 Å². The number of rotatable bonds is 7. The number of hydrogen-bond donors (Lipinski definition) is 2. The van der Waals surface area contributed by atoms with E-state index in [0.29, 0.717) is 32.5 Å². The fourth-order valence-corrected chi connectivity index (χ4v) is 3.70. The molecule has 0 radical (unpaired) electrons. The predicted octanol–water partition coefficient (Wildman–Crippen LogP) is 3.20. The van der Waals surface area contributed by atoms with Crippen molar-refractivity contribution in [2.24, 2.45) is 5.41 Å². The lowest BCUT2D eigenvalue weighted by atomic mass is 9.74. The predicted molar refractivity (Wildman–Crippen MR) is 109 cm³/mol. The number of carbonyl (C=O) groups excluding carboxylic acids is 1. The van der Waals surface area contributed by atoms with Crippen molar-refractivity contribution < 1.29 is 19.4 Å². The molecule has 1 fully saturated rings. The van der Waals surface area contributed by atoms with Gasteiger partial charge in [-0.3, -0.25) is 4.79 Å². The second-order valence-electron chi connectivity index (χ2n) is 7.56. The molecule has 5 heteroatoms. The number of hydrogen-bond acceptors (Lipinski definition) is 4. The number of aliphatic hydroxyl groups is 1. The van der Waals surface area contributed by atoms with E-state index < -0.39 is 5.41 Å². The van der Waals surface area contributed by atoms with Gasteiger partial charge >= 0.3 is 0 Å². The van der Waals surface area contributed by atoms with E-state index in [1.807, 2.05) is 37.3 Å². The molecule has 1 aliphatic heterocycles. The Morgan fingerprint density at radius 3 is 2.54 bits per heavy atom. The van der Waals surface area contributed by atoms with Crippen molar-refractivity contribution in [2.75, 3.05) is 26.9 Å². The van der Waals surface area contributed by atoms with Crippen molar-refractivity contribution in [2.45, 2.75) is 32.2 Å². The third kappa shape index (κ3) is 4.72. The van der Waals surface area contributed by atoms with E-state index in [4.69, 9.17) is 9.47 Å². The van der Waals surface area contributed by atoms with Gasteiger partial charge in [-0.25, -0.2) is 0 Å². The lowest BCUT2D eigenvalue weighted by molar-refractivity contribution is -0.137. The molecule has 0 bridgehead atoms. The fraction of sp³-hybridized carbons (Fsp3) is 0.435. The molecular weight excluding hydrogens is 354 g/mol. The summed E-state index contributed by atoms with van der Waals surface area (Å²) in [5.74, 6) is 0.836. The van der Waals surface area contributed by atoms with E-state index in [0.717, 1.165) is 22.4 Å². The fourth-order valence-electron chi connectivity index (χ4n) is 3.70. The van der Waals surface area contributed by atoms with E-state index in [9.17, 15) is 9.90 Å². The van der Waals surface area contributed by atoms with Crippen LogP contribution in [0.2, 0.25) is 0 Å². The van der Waals surface area contributed by atoms with Crippen molar-refractivity contribution in [3.8, 4) is 16.9 Å². The number of methoxy groups -OCH3 is 1. The van der Waals surface area contributed by atoms with Gasteiger partial charge in [-0.1, -0.05) is 36.4 Å². The van der Waals surface area contributed by atoms with Crippen molar-refractivity contribution in [3.05, 3.63) is 54.1 Å². The van der Waals surface area contributed by atoms with Crippen molar-refractivity contribution in [3.63, 3.8) is 0 Å². The first-order chi connectivity index (χ1) is 13.6. The van der Waals surface area contributed by atoms with Crippen LogP contribution in [0, 0.1) is 5.41 Å². The number of amides is 1. The minimum atomic E-state index is -0.500. The molecule has 2 N–H and O–H groups in total. The van der Waals surface area contributed by atoms with Crippen molar-refractivity contribution in [1.82, 2.24) is 5.32 Å².